The fraction of sp³-hybridized carbons (Fsp3) is 1.00. The second-order valence-electron chi connectivity index (χ2n) is 6.93. The number of ether oxygens (including phenoxy) is 1. The minimum atomic E-state index is 0.430. The van der Waals surface area contributed by atoms with Crippen molar-refractivity contribution in [1.29, 1.82) is 0 Å². The van der Waals surface area contributed by atoms with Crippen molar-refractivity contribution in [1.82, 2.24) is 0 Å². The molecule has 1 N–H and O–H groups in total. The maximum atomic E-state index is 6.17. The molecule has 0 aromatic rings. The van der Waals surface area contributed by atoms with Crippen LogP contribution in [0.2, 0.25) is 0 Å². The maximum Gasteiger partial charge on any atom is 0.100 e. The van der Waals surface area contributed by atoms with Gasteiger partial charge in [0.2, 0.25) is 0 Å². The Labute approximate surface area is 100 Å². The Hall–Kier alpha value is -0.0800. The van der Waals surface area contributed by atoms with Crippen molar-refractivity contribution in [3.05, 3.63) is 0 Å². The van der Waals surface area contributed by atoms with Crippen molar-refractivity contribution < 1.29 is 9.64 Å². The number of rotatable bonds is 4. The van der Waals surface area contributed by atoms with Gasteiger partial charge in [-0.25, -0.2) is 0 Å². The summed E-state index contributed by atoms with van der Waals surface area (Å²) in [6.45, 7) is 9.40. The molecule has 0 unspecified atom stereocenters. The maximum absolute atomic E-state index is 6.17. The average molecular weight is 226 g/mol. The van der Waals surface area contributed by atoms with E-state index < -0.39 is 0 Å². The summed E-state index contributed by atoms with van der Waals surface area (Å²) in [5.41, 5.74) is 0.919. The summed E-state index contributed by atoms with van der Waals surface area (Å²) in [6.07, 6.45) is 4.60. The molecule has 0 spiro atoms. The van der Waals surface area contributed by atoms with Crippen LogP contribution in [0.3, 0.4) is 0 Å². The molecule has 2 saturated carbocycles. The molecule has 2 heteroatoms. The highest BCUT2D eigenvalue weighted by Crippen LogP contribution is 2.66. The molecule has 16 heavy (non-hydrogen) atoms. The van der Waals surface area contributed by atoms with Crippen LogP contribution in [-0.4, -0.2) is 33.4 Å². The first-order valence-corrected chi connectivity index (χ1v) is 6.78. The van der Waals surface area contributed by atoms with Crippen LogP contribution in [0.1, 0.15) is 40.0 Å². The van der Waals surface area contributed by atoms with Gasteiger partial charge in [-0.15, -0.1) is 0 Å². The molecule has 94 valence electrons. The van der Waals surface area contributed by atoms with E-state index in [9.17, 15) is 0 Å². The Morgan fingerprint density at radius 1 is 1.25 bits per heavy atom. The number of fused-ring (bicyclic) bond motifs is 2. The molecule has 2 nitrogen and oxygen atoms in total. The van der Waals surface area contributed by atoms with E-state index in [4.69, 9.17) is 4.74 Å². The van der Waals surface area contributed by atoms with Crippen molar-refractivity contribution >= 4 is 0 Å². The van der Waals surface area contributed by atoms with Gasteiger partial charge in [-0.1, -0.05) is 20.8 Å². The molecule has 0 aromatic carbocycles. The van der Waals surface area contributed by atoms with E-state index in [1.165, 1.54) is 24.2 Å². The standard InChI is InChI=1S/C14H27NO/c1-13(2)11-6-7-14(13,3)12(10-11)16-9-8-15(4)5/h11-12H,6-10H2,1-5H3/p+1/t11-,12+,14+/m1/s1. The van der Waals surface area contributed by atoms with Crippen molar-refractivity contribution in [2.45, 2.75) is 46.1 Å². The lowest BCUT2D eigenvalue weighted by Gasteiger charge is -2.38. The van der Waals surface area contributed by atoms with Gasteiger partial charge < -0.3 is 9.64 Å². The minimum absolute atomic E-state index is 0.430. The fourth-order valence-corrected chi connectivity index (χ4v) is 3.79. The summed E-state index contributed by atoms with van der Waals surface area (Å²) in [5, 5.41) is 0. The van der Waals surface area contributed by atoms with Crippen LogP contribution in [0.15, 0.2) is 0 Å². The second kappa shape index (κ2) is 3.99. The summed E-state index contributed by atoms with van der Waals surface area (Å²) in [6, 6.07) is 0. The summed E-state index contributed by atoms with van der Waals surface area (Å²) in [4.78, 5) is 1.48. The summed E-state index contributed by atoms with van der Waals surface area (Å²) < 4.78 is 6.17. The van der Waals surface area contributed by atoms with E-state index in [0.29, 0.717) is 16.9 Å². The SMILES string of the molecule is C[NH+](C)CCO[C@H]1C[C@H]2CC[C@]1(C)C2(C)C. The van der Waals surface area contributed by atoms with Crippen LogP contribution in [0, 0.1) is 16.7 Å². The van der Waals surface area contributed by atoms with Crippen LogP contribution in [-0.2, 0) is 4.74 Å². The van der Waals surface area contributed by atoms with Gasteiger partial charge in [-0.3, -0.25) is 0 Å². The highest BCUT2D eigenvalue weighted by molar-refractivity contribution is 5.11. The Morgan fingerprint density at radius 2 is 1.94 bits per heavy atom. The molecule has 0 aliphatic heterocycles. The van der Waals surface area contributed by atoms with Crippen LogP contribution in [0.25, 0.3) is 0 Å². The number of hydrogen-bond donors (Lipinski definition) is 1. The number of nitrogens with one attached hydrogen (secondary N) is 1. The Morgan fingerprint density at radius 3 is 2.38 bits per heavy atom. The van der Waals surface area contributed by atoms with E-state index in [1.54, 1.807) is 0 Å². The third kappa shape index (κ3) is 1.70. The average Bonchev–Trinajstić information content (AvgIpc) is 2.49. The Bertz CT molecular complexity index is 261. The monoisotopic (exact) mass is 226 g/mol. The molecule has 2 rings (SSSR count). The molecular weight excluding hydrogens is 198 g/mol. The van der Waals surface area contributed by atoms with Crippen molar-refractivity contribution in [3.8, 4) is 0 Å². The third-order valence-corrected chi connectivity index (χ3v) is 5.64. The molecule has 0 heterocycles. The molecule has 2 aliphatic rings. The van der Waals surface area contributed by atoms with Crippen molar-refractivity contribution in [2.24, 2.45) is 16.7 Å². The quantitative estimate of drug-likeness (QED) is 0.764. The van der Waals surface area contributed by atoms with E-state index in [2.05, 4.69) is 34.9 Å². The largest absolute Gasteiger partial charge is 0.372 e. The highest BCUT2D eigenvalue weighted by atomic mass is 16.5. The highest BCUT2D eigenvalue weighted by Gasteiger charge is 2.61. The molecule has 2 aliphatic carbocycles. The number of likely N-dealkylation sites (N-methyl/N-ethyl adjacent to an activating group) is 1. The second-order valence-corrected chi connectivity index (χ2v) is 6.93. The molecule has 0 aromatic heterocycles. The van der Waals surface area contributed by atoms with Gasteiger partial charge >= 0.3 is 0 Å². The molecule has 0 radical (unpaired) electrons. The van der Waals surface area contributed by atoms with Crippen LogP contribution in [0.4, 0.5) is 0 Å². The zero-order chi connectivity index (χ0) is 12.0. The molecular formula is C14H28NO+. The van der Waals surface area contributed by atoms with Gasteiger partial charge in [-0.05, 0) is 36.0 Å². The summed E-state index contributed by atoms with van der Waals surface area (Å²) in [7, 11) is 4.38. The zero-order valence-corrected chi connectivity index (χ0v) is 11.6. The summed E-state index contributed by atoms with van der Waals surface area (Å²) >= 11 is 0. The van der Waals surface area contributed by atoms with Crippen LogP contribution < -0.4 is 4.90 Å². The predicted molar refractivity (Wildman–Crippen MR) is 66.6 cm³/mol. The lowest BCUT2D eigenvalue weighted by Crippen LogP contribution is -3.06. The predicted octanol–water partition coefficient (Wildman–Crippen LogP) is 1.36. The van der Waals surface area contributed by atoms with Gasteiger partial charge in [0.1, 0.15) is 6.54 Å². The lowest BCUT2D eigenvalue weighted by atomic mass is 9.70. The van der Waals surface area contributed by atoms with Gasteiger partial charge in [-0.2, -0.15) is 0 Å². The van der Waals surface area contributed by atoms with E-state index in [1.807, 2.05) is 0 Å². The Kier molecular flexibility index (Phi) is 3.09. The van der Waals surface area contributed by atoms with E-state index in [0.717, 1.165) is 19.1 Å². The van der Waals surface area contributed by atoms with Gasteiger partial charge in [0, 0.05) is 0 Å². The lowest BCUT2D eigenvalue weighted by molar-refractivity contribution is -0.858. The molecule has 2 bridgehead atoms. The molecule has 0 amide bonds. The topological polar surface area (TPSA) is 13.7 Å². The van der Waals surface area contributed by atoms with Crippen LogP contribution in [0.5, 0.6) is 0 Å². The van der Waals surface area contributed by atoms with E-state index >= 15 is 0 Å². The molecule has 3 atom stereocenters. The Balaban J connectivity index is 1.94. The molecule has 2 fully saturated rings. The first kappa shape index (κ1) is 12.4. The van der Waals surface area contributed by atoms with Crippen molar-refractivity contribution in [3.63, 3.8) is 0 Å². The summed E-state index contributed by atoms with van der Waals surface area (Å²) in [5.74, 6) is 0.897. The first-order valence-electron chi connectivity index (χ1n) is 6.78. The van der Waals surface area contributed by atoms with Gasteiger partial charge in [0.05, 0.1) is 26.8 Å². The third-order valence-electron chi connectivity index (χ3n) is 5.64. The number of quaternary nitrogens is 1. The normalized spacial score (nSPS) is 40.9. The van der Waals surface area contributed by atoms with Crippen molar-refractivity contribution in [2.75, 3.05) is 27.2 Å². The van der Waals surface area contributed by atoms with Gasteiger partial charge in [0.15, 0.2) is 0 Å². The molecule has 0 saturated heterocycles. The smallest absolute Gasteiger partial charge is 0.100 e. The zero-order valence-electron chi connectivity index (χ0n) is 11.6. The minimum Gasteiger partial charge on any atom is -0.372 e. The first-order chi connectivity index (χ1) is 7.38. The number of hydrogen-bond acceptors (Lipinski definition) is 1. The van der Waals surface area contributed by atoms with Gasteiger partial charge in [0.25, 0.3) is 0 Å². The van der Waals surface area contributed by atoms with Crippen LogP contribution >= 0.6 is 0 Å². The fourth-order valence-electron chi connectivity index (χ4n) is 3.79. The van der Waals surface area contributed by atoms with E-state index in [-0.39, 0.29) is 0 Å².